The molecule has 0 fully saturated rings. The fraction of sp³-hybridized carbons (Fsp3) is 0.261. The topological polar surface area (TPSA) is 77.0 Å². The zero-order chi connectivity index (χ0) is 21.5. The fourth-order valence-electron chi connectivity index (χ4n) is 3.01. The molecule has 7 heteroatoms. The number of hydrogen-bond donors (Lipinski definition) is 1. The molecule has 1 aromatic heterocycles. The van der Waals surface area contributed by atoms with Gasteiger partial charge in [0.15, 0.2) is 17.3 Å². The maximum Gasteiger partial charge on any atom is 0.240 e. The summed E-state index contributed by atoms with van der Waals surface area (Å²) in [6, 6.07) is 13.1. The standard InChI is InChI=1S/C23H24N2O4S/c1-4-29-20-11-9-16(13-21(20)28-3)19(26)10-12-23(27)25-24-15(2)18-14-30-22-8-6-5-7-17(18)22/h5-9,11,13-14H,4,10,12H2,1-3H3,(H,25,27)/b24-15+. The lowest BCUT2D eigenvalue weighted by atomic mass is 10.1. The van der Waals surface area contributed by atoms with Crippen LogP contribution in [0.3, 0.4) is 0 Å². The van der Waals surface area contributed by atoms with Crippen molar-refractivity contribution in [2.45, 2.75) is 26.7 Å². The number of nitrogens with zero attached hydrogens (tertiary/aromatic N) is 1. The Hall–Kier alpha value is -3.19. The van der Waals surface area contributed by atoms with Crippen LogP contribution in [0.5, 0.6) is 11.5 Å². The van der Waals surface area contributed by atoms with Crippen LogP contribution in [0.15, 0.2) is 52.9 Å². The minimum Gasteiger partial charge on any atom is -0.493 e. The molecule has 0 aliphatic heterocycles. The number of fused-ring (bicyclic) bond motifs is 1. The van der Waals surface area contributed by atoms with E-state index >= 15 is 0 Å². The molecular formula is C23H24N2O4S. The van der Waals surface area contributed by atoms with E-state index in [1.165, 1.54) is 11.8 Å². The maximum atomic E-state index is 12.4. The molecule has 0 saturated heterocycles. The first-order chi connectivity index (χ1) is 14.5. The minimum atomic E-state index is -0.305. The predicted molar refractivity (Wildman–Crippen MR) is 120 cm³/mol. The second-order valence-corrected chi connectivity index (χ2v) is 7.51. The quantitative estimate of drug-likeness (QED) is 0.304. The lowest BCUT2D eigenvalue weighted by Crippen LogP contribution is -2.20. The van der Waals surface area contributed by atoms with Crippen molar-refractivity contribution in [1.29, 1.82) is 0 Å². The van der Waals surface area contributed by atoms with Crippen LogP contribution in [-0.4, -0.2) is 31.1 Å². The van der Waals surface area contributed by atoms with Crippen molar-refractivity contribution in [1.82, 2.24) is 5.43 Å². The molecule has 0 spiro atoms. The SMILES string of the molecule is CCOc1ccc(C(=O)CCC(=O)N/N=C(\C)c2csc3ccccc23)cc1OC. The number of benzene rings is 2. The van der Waals surface area contributed by atoms with Gasteiger partial charge in [-0.2, -0.15) is 5.10 Å². The van der Waals surface area contributed by atoms with Crippen LogP contribution in [0.4, 0.5) is 0 Å². The molecule has 1 amide bonds. The number of rotatable bonds is 9. The number of hydrogen-bond acceptors (Lipinski definition) is 6. The first kappa shape index (κ1) is 21.5. The molecule has 1 N–H and O–H groups in total. The summed E-state index contributed by atoms with van der Waals surface area (Å²) in [6.45, 7) is 4.24. The number of hydrazone groups is 1. The Morgan fingerprint density at radius 2 is 1.90 bits per heavy atom. The van der Waals surface area contributed by atoms with E-state index in [0.717, 1.165) is 16.7 Å². The number of nitrogens with one attached hydrogen (secondary N) is 1. The van der Waals surface area contributed by atoms with Gasteiger partial charge in [0.25, 0.3) is 0 Å². The Kier molecular flexibility index (Phi) is 7.19. The van der Waals surface area contributed by atoms with Gasteiger partial charge in [0, 0.05) is 39.4 Å². The zero-order valence-electron chi connectivity index (χ0n) is 17.2. The largest absolute Gasteiger partial charge is 0.493 e. The molecule has 156 valence electrons. The van der Waals surface area contributed by atoms with Crippen molar-refractivity contribution in [2.75, 3.05) is 13.7 Å². The summed E-state index contributed by atoms with van der Waals surface area (Å²) in [5.41, 5.74) is 4.75. The van der Waals surface area contributed by atoms with Crippen molar-refractivity contribution >= 4 is 38.8 Å². The van der Waals surface area contributed by atoms with Gasteiger partial charge in [-0.25, -0.2) is 5.43 Å². The van der Waals surface area contributed by atoms with Gasteiger partial charge in [-0.15, -0.1) is 11.3 Å². The molecule has 0 aliphatic rings. The molecule has 0 atom stereocenters. The summed E-state index contributed by atoms with van der Waals surface area (Å²) in [4.78, 5) is 24.6. The van der Waals surface area contributed by atoms with Gasteiger partial charge in [-0.3, -0.25) is 9.59 Å². The predicted octanol–water partition coefficient (Wildman–Crippen LogP) is 4.81. The third-order valence-corrected chi connectivity index (χ3v) is 5.55. The number of ether oxygens (including phenoxy) is 2. The molecule has 0 radical (unpaired) electrons. The first-order valence-electron chi connectivity index (χ1n) is 9.67. The molecule has 0 unspecified atom stereocenters. The summed E-state index contributed by atoms with van der Waals surface area (Å²) in [6.07, 6.45) is 0.133. The fourth-order valence-corrected chi connectivity index (χ4v) is 4.01. The van der Waals surface area contributed by atoms with Crippen LogP contribution in [0.25, 0.3) is 10.1 Å². The van der Waals surface area contributed by atoms with E-state index in [2.05, 4.69) is 16.6 Å². The molecule has 3 rings (SSSR count). The highest BCUT2D eigenvalue weighted by molar-refractivity contribution is 7.17. The average molecular weight is 425 g/mol. The van der Waals surface area contributed by atoms with E-state index < -0.39 is 0 Å². The molecule has 1 heterocycles. The highest BCUT2D eigenvalue weighted by Crippen LogP contribution is 2.29. The third kappa shape index (κ3) is 5.04. The molecule has 2 aromatic carbocycles. The lowest BCUT2D eigenvalue weighted by molar-refractivity contribution is -0.121. The number of methoxy groups -OCH3 is 1. The highest BCUT2D eigenvalue weighted by Gasteiger charge is 2.13. The Bertz CT molecular complexity index is 1090. The van der Waals surface area contributed by atoms with Crippen molar-refractivity contribution < 1.29 is 19.1 Å². The van der Waals surface area contributed by atoms with E-state index in [0.29, 0.717) is 23.7 Å². The summed E-state index contributed by atoms with van der Waals surface area (Å²) in [7, 11) is 1.52. The van der Waals surface area contributed by atoms with Gasteiger partial charge < -0.3 is 9.47 Å². The third-order valence-electron chi connectivity index (χ3n) is 4.58. The van der Waals surface area contributed by atoms with E-state index in [1.807, 2.05) is 37.4 Å². The number of ketones is 1. The van der Waals surface area contributed by atoms with Crippen LogP contribution in [0, 0.1) is 0 Å². The van der Waals surface area contributed by atoms with Gasteiger partial charge in [0.2, 0.25) is 5.91 Å². The van der Waals surface area contributed by atoms with Crippen LogP contribution >= 0.6 is 11.3 Å². The van der Waals surface area contributed by atoms with Crippen LogP contribution in [-0.2, 0) is 4.79 Å². The molecule has 6 nitrogen and oxygen atoms in total. The van der Waals surface area contributed by atoms with Crippen LogP contribution in [0.1, 0.15) is 42.6 Å². The molecule has 0 aliphatic carbocycles. The van der Waals surface area contributed by atoms with Gasteiger partial charge in [-0.05, 0) is 38.1 Å². The van der Waals surface area contributed by atoms with E-state index in [-0.39, 0.29) is 24.5 Å². The van der Waals surface area contributed by atoms with Gasteiger partial charge in [-0.1, -0.05) is 18.2 Å². The van der Waals surface area contributed by atoms with E-state index in [4.69, 9.17) is 9.47 Å². The van der Waals surface area contributed by atoms with Crippen molar-refractivity contribution in [2.24, 2.45) is 5.10 Å². The lowest BCUT2D eigenvalue weighted by Gasteiger charge is -2.10. The number of Topliss-reactive ketones (excluding diaryl/α,β-unsaturated/α-hetero) is 1. The summed E-state index contributed by atoms with van der Waals surface area (Å²) >= 11 is 1.64. The van der Waals surface area contributed by atoms with Crippen molar-refractivity contribution in [3.63, 3.8) is 0 Å². The Balaban J connectivity index is 1.57. The molecule has 0 saturated carbocycles. The van der Waals surface area contributed by atoms with Gasteiger partial charge in [0.05, 0.1) is 19.4 Å². The number of carbonyl (C=O) groups is 2. The summed E-state index contributed by atoms with van der Waals surface area (Å²) in [5.74, 6) is 0.631. The molecule has 3 aromatic rings. The Morgan fingerprint density at radius 1 is 1.10 bits per heavy atom. The zero-order valence-corrected chi connectivity index (χ0v) is 18.0. The number of carbonyl (C=O) groups excluding carboxylic acids is 2. The average Bonchev–Trinajstić information content (AvgIpc) is 3.20. The number of amides is 1. The Labute approximate surface area is 179 Å². The van der Waals surface area contributed by atoms with Gasteiger partial charge >= 0.3 is 0 Å². The normalized spacial score (nSPS) is 11.4. The second-order valence-electron chi connectivity index (χ2n) is 6.60. The maximum absolute atomic E-state index is 12.4. The Morgan fingerprint density at radius 3 is 2.67 bits per heavy atom. The summed E-state index contributed by atoms with van der Waals surface area (Å²) < 4.78 is 11.9. The van der Waals surface area contributed by atoms with Gasteiger partial charge in [0.1, 0.15) is 0 Å². The van der Waals surface area contributed by atoms with Crippen molar-refractivity contribution in [3.05, 3.63) is 59.0 Å². The first-order valence-corrected chi connectivity index (χ1v) is 10.5. The molecule has 30 heavy (non-hydrogen) atoms. The smallest absolute Gasteiger partial charge is 0.240 e. The molecule has 0 bridgehead atoms. The van der Waals surface area contributed by atoms with E-state index in [9.17, 15) is 9.59 Å². The monoisotopic (exact) mass is 424 g/mol. The summed E-state index contributed by atoms with van der Waals surface area (Å²) in [5, 5.41) is 7.34. The highest BCUT2D eigenvalue weighted by atomic mass is 32.1. The van der Waals surface area contributed by atoms with E-state index in [1.54, 1.807) is 29.5 Å². The number of thiophene rings is 1. The minimum absolute atomic E-state index is 0.0511. The van der Waals surface area contributed by atoms with Crippen molar-refractivity contribution in [3.8, 4) is 11.5 Å². The van der Waals surface area contributed by atoms with Crippen LogP contribution in [0.2, 0.25) is 0 Å². The molecular weight excluding hydrogens is 400 g/mol. The second kappa shape index (κ2) is 10.0. The van der Waals surface area contributed by atoms with Crippen LogP contribution < -0.4 is 14.9 Å².